The molecule has 0 aliphatic heterocycles. The van der Waals surface area contributed by atoms with Crippen LogP contribution in [0.2, 0.25) is 0 Å². The number of nitrogens with zero attached hydrogens (tertiary/aromatic N) is 2. The third-order valence-corrected chi connectivity index (χ3v) is 3.76. The number of benzene rings is 1. The van der Waals surface area contributed by atoms with E-state index >= 15 is 0 Å². The average molecular weight is 350 g/mol. The van der Waals surface area contributed by atoms with Gasteiger partial charge in [0.1, 0.15) is 4.88 Å². The van der Waals surface area contributed by atoms with Gasteiger partial charge in [0, 0.05) is 5.56 Å². The number of ether oxygens (including phenoxy) is 2. The van der Waals surface area contributed by atoms with Crippen LogP contribution in [0.25, 0.3) is 0 Å². The minimum atomic E-state index is -0.479. The first kappa shape index (κ1) is 17.7. The predicted molar refractivity (Wildman–Crippen MR) is 88.3 cm³/mol. The van der Waals surface area contributed by atoms with Crippen LogP contribution in [-0.4, -0.2) is 34.6 Å². The standard InChI is InChI=1S/C15H18N4O4S/c1-8(2)23-11-6-5-10(7-12(11)22-4)14(20)17-18-15(21)13-9(3)16-19-24-13/h5-8H,1-4H3,(H,17,20)(H,18,21). The molecule has 1 heterocycles. The Balaban J connectivity index is 2.04. The van der Waals surface area contributed by atoms with Crippen molar-refractivity contribution in [2.24, 2.45) is 0 Å². The van der Waals surface area contributed by atoms with Gasteiger partial charge in [-0.25, -0.2) is 0 Å². The molecule has 0 unspecified atom stereocenters. The summed E-state index contributed by atoms with van der Waals surface area (Å²) in [6.45, 7) is 5.45. The molecule has 24 heavy (non-hydrogen) atoms. The molecule has 2 N–H and O–H groups in total. The highest BCUT2D eigenvalue weighted by atomic mass is 32.1. The third-order valence-electron chi connectivity index (χ3n) is 2.94. The first-order chi connectivity index (χ1) is 11.4. The van der Waals surface area contributed by atoms with E-state index in [0.29, 0.717) is 27.6 Å². The fourth-order valence-electron chi connectivity index (χ4n) is 1.84. The maximum atomic E-state index is 12.2. The molecule has 1 aromatic heterocycles. The summed E-state index contributed by atoms with van der Waals surface area (Å²) >= 11 is 0.958. The van der Waals surface area contributed by atoms with Gasteiger partial charge in [0.25, 0.3) is 11.8 Å². The van der Waals surface area contributed by atoms with Crippen LogP contribution in [0, 0.1) is 6.92 Å². The van der Waals surface area contributed by atoms with Crippen molar-refractivity contribution >= 4 is 23.3 Å². The molecule has 0 aliphatic rings. The number of hydrazine groups is 1. The SMILES string of the molecule is COc1cc(C(=O)NNC(=O)c2snnc2C)ccc1OC(C)C. The Morgan fingerprint density at radius 3 is 2.46 bits per heavy atom. The number of nitrogens with one attached hydrogen (secondary N) is 2. The normalized spacial score (nSPS) is 10.4. The van der Waals surface area contributed by atoms with E-state index in [4.69, 9.17) is 9.47 Å². The molecule has 2 aromatic rings. The summed E-state index contributed by atoms with van der Waals surface area (Å²) in [6.07, 6.45) is -0.0193. The number of hydrogen-bond donors (Lipinski definition) is 2. The number of rotatable bonds is 5. The van der Waals surface area contributed by atoms with Crippen molar-refractivity contribution < 1.29 is 19.1 Å². The Labute approximate surface area is 143 Å². The largest absolute Gasteiger partial charge is 0.493 e. The van der Waals surface area contributed by atoms with Crippen LogP contribution < -0.4 is 20.3 Å². The lowest BCUT2D eigenvalue weighted by molar-refractivity contribution is 0.0848. The van der Waals surface area contributed by atoms with Gasteiger partial charge in [-0.1, -0.05) is 4.49 Å². The molecule has 0 bridgehead atoms. The Morgan fingerprint density at radius 1 is 1.17 bits per heavy atom. The maximum Gasteiger partial charge on any atom is 0.283 e. The molecule has 0 spiro atoms. The Kier molecular flexibility index (Phi) is 5.69. The van der Waals surface area contributed by atoms with Crippen molar-refractivity contribution in [3.8, 4) is 11.5 Å². The van der Waals surface area contributed by atoms with Gasteiger partial charge in [-0.15, -0.1) is 5.10 Å². The lowest BCUT2D eigenvalue weighted by Crippen LogP contribution is -2.41. The Hall–Kier alpha value is -2.68. The second-order valence-electron chi connectivity index (χ2n) is 5.13. The maximum absolute atomic E-state index is 12.2. The molecule has 0 fully saturated rings. The molecule has 0 saturated heterocycles. The van der Waals surface area contributed by atoms with Gasteiger partial charge in [-0.05, 0) is 50.5 Å². The highest BCUT2D eigenvalue weighted by molar-refractivity contribution is 7.07. The lowest BCUT2D eigenvalue weighted by atomic mass is 10.2. The van der Waals surface area contributed by atoms with Gasteiger partial charge in [-0.3, -0.25) is 20.4 Å². The van der Waals surface area contributed by atoms with Crippen molar-refractivity contribution in [2.75, 3.05) is 7.11 Å². The van der Waals surface area contributed by atoms with Crippen LogP contribution in [0.1, 0.15) is 39.6 Å². The van der Waals surface area contributed by atoms with E-state index in [0.717, 1.165) is 11.5 Å². The zero-order chi connectivity index (χ0) is 17.7. The predicted octanol–water partition coefficient (Wildman–Crippen LogP) is 1.72. The van der Waals surface area contributed by atoms with E-state index < -0.39 is 11.8 Å². The summed E-state index contributed by atoms with van der Waals surface area (Å²) in [5.41, 5.74) is 5.50. The smallest absolute Gasteiger partial charge is 0.283 e. The zero-order valence-electron chi connectivity index (χ0n) is 13.7. The van der Waals surface area contributed by atoms with Gasteiger partial charge in [0.05, 0.1) is 18.9 Å². The van der Waals surface area contributed by atoms with E-state index in [1.54, 1.807) is 25.1 Å². The summed E-state index contributed by atoms with van der Waals surface area (Å²) in [5, 5.41) is 3.74. The highest BCUT2D eigenvalue weighted by Crippen LogP contribution is 2.28. The van der Waals surface area contributed by atoms with Crippen molar-refractivity contribution in [1.82, 2.24) is 20.4 Å². The van der Waals surface area contributed by atoms with Gasteiger partial charge >= 0.3 is 0 Å². The molecule has 0 atom stereocenters. The minimum Gasteiger partial charge on any atom is -0.493 e. The van der Waals surface area contributed by atoms with E-state index in [1.165, 1.54) is 7.11 Å². The van der Waals surface area contributed by atoms with Crippen LogP contribution in [0.15, 0.2) is 18.2 Å². The van der Waals surface area contributed by atoms with Crippen LogP contribution in [0.5, 0.6) is 11.5 Å². The quantitative estimate of drug-likeness (QED) is 0.796. The van der Waals surface area contributed by atoms with Gasteiger partial charge in [-0.2, -0.15) is 0 Å². The van der Waals surface area contributed by atoms with E-state index in [1.807, 2.05) is 13.8 Å². The lowest BCUT2D eigenvalue weighted by Gasteiger charge is -2.14. The van der Waals surface area contributed by atoms with E-state index in [-0.39, 0.29) is 6.10 Å². The van der Waals surface area contributed by atoms with Crippen LogP contribution in [0.4, 0.5) is 0 Å². The molecule has 2 amide bonds. The highest BCUT2D eigenvalue weighted by Gasteiger charge is 2.16. The molecule has 0 saturated carbocycles. The van der Waals surface area contributed by atoms with E-state index in [9.17, 15) is 9.59 Å². The van der Waals surface area contributed by atoms with Crippen LogP contribution in [0.3, 0.4) is 0 Å². The topological polar surface area (TPSA) is 102 Å². The number of carbonyl (C=O) groups excluding carboxylic acids is 2. The van der Waals surface area contributed by atoms with Gasteiger partial charge < -0.3 is 9.47 Å². The average Bonchev–Trinajstić information content (AvgIpc) is 2.98. The second-order valence-corrected chi connectivity index (χ2v) is 5.88. The monoisotopic (exact) mass is 350 g/mol. The summed E-state index contributed by atoms with van der Waals surface area (Å²) in [6, 6.07) is 4.77. The number of aryl methyl sites for hydroxylation is 1. The van der Waals surface area contributed by atoms with Crippen LogP contribution >= 0.6 is 11.5 Å². The number of carbonyl (C=O) groups is 2. The number of methoxy groups -OCH3 is 1. The summed E-state index contributed by atoms with van der Waals surface area (Å²) < 4.78 is 14.5. The van der Waals surface area contributed by atoms with Crippen molar-refractivity contribution in [1.29, 1.82) is 0 Å². The number of aromatic nitrogens is 2. The third kappa shape index (κ3) is 4.19. The molecule has 0 radical (unpaired) electrons. The minimum absolute atomic E-state index is 0.0193. The van der Waals surface area contributed by atoms with E-state index in [2.05, 4.69) is 20.4 Å². The molecule has 128 valence electrons. The molecule has 2 rings (SSSR count). The van der Waals surface area contributed by atoms with Crippen molar-refractivity contribution in [3.63, 3.8) is 0 Å². The van der Waals surface area contributed by atoms with Crippen LogP contribution in [-0.2, 0) is 0 Å². The second kappa shape index (κ2) is 7.73. The molecule has 0 aliphatic carbocycles. The van der Waals surface area contributed by atoms with Crippen molar-refractivity contribution in [3.05, 3.63) is 34.3 Å². The number of hydrogen-bond acceptors (Lipinski definition) is 7. The molecule has 8 nitrogen and oxygen atoms in total. The zero-order valence-corrected chi connectivity index (χ0v) is 14.6. The first-order valence-electron chi connectivity index (χ1n) is 7.16. The fourth-order valence-corrected chi connectivity index (χ4v) is 2.39. The fraction of sp³-hybridized carbons (Fsp3) is 0.333. The molecular weight excluding hydrogens is 332 g/mol. The number of amides is 2. The Bertz CT molecular complexity index is 745. The molecular formula is C15H18N4O4S. The van der Waals surface area contributed by atoms with Gasteiger partial charge in [0.2, 0.25) is 0 Å². The molecule has 1 aromatic carbocycles. The van der Waals surface area contributed by atoms with Gasteiger partial charge in [0.15, 0.2) is 11.5 Å². The summed E-state index contributed by atoms with van der Waals surface area (Å²) in [7, 11) is 1.49. The van der Waals surface area contributed by atoms with Crippen molar-refractivity contribution in [2.45, 2.75) is 26.9 Å². The summed E-state index contributed by atoms with van der Waals surface area (Å²) in [5.74, 6) is 0.0278. The summed E-state index contributed by atoms with van der Waals surface area (Å²) in [4.78, 5) is 24.4. The molecule has 9 heteroatoms. The Morgan fingerprint density at radius 2 is 1.88 bits per heavy atom. The first-order valence-corrected chi connectivity index (χ1v) is 7.94.